The maximum atomic E-state index is 13.7. The van der Waals surface area contributed by atoms with Gasteiger partial charge < -0.3 is 5.73 Å². The highest BCUT2D eigenvalue weighted by Crippen LogP contribution is 2.38. The van der Waals surface area contributed by atoms with Crippen LogP contribution < -0.4 is 5.73 Å². The average molecular weight is 282 g/mol. The van der Waals surface area contributed by atoms with Crippen molar-refractivity contribution in [1.82, 2.24) is 0 Å². The molecule has 0 aliphatic heterocycles. The van der Waals surface area contributed by atoms with Gasteiger partial charge >= 0.3 is 6.18 Å². The van der Waals surface area contributed by atoms with Gasteiger partial charge in [0, 0.05) is 11.6 Å². The first-order valence-electron chi connectivity index (χ1n) is 5.20. The minimum Gasteiger partial charge on any atom is -0.324 e. The van der Waals surface area contributed by atoms with E-state index in [-0.39, 0.29) is 11.4 Å². The molecular formula is C12H12ClF4N. The lowest BCUT2D eigenvalue weighted by Gasteiger charge is -2.19. The fourth-order valence-electron chi connectivity index (χ4n) is 1.62. The maximum absolute atomic E-state index is 13.7. The first-order chi connectivity index (χ1) is 8.29. The molecule has 100 valence electrons. The van der Waals surface area contributed by atoms with Crippen molar-refractivity contribution >= 4 is 11.6 Å². The quantitative estimate of drug-likeness (QED) is 0.640. The standard InChI is InChI=1S/C12H12ClF4N/c1-2-3-4-9(18)10-7(12(15,16)17)5-6-8(13)11(10)14/h2,5-6,9H,1,3-4,18H2/t9-/m1/s1. The van der Waals surface area contributed by atoms with Gasteiger partial charge in [0.05, 0.1) is 10.6 Å². The van der Waals surface area contributed by atoms with Crippen molar-refractivity contribution in [1.29, 1.82) is 0 Å². The van der Waals surface area contributed by atoms with E-state index in [0.717, 1.165) is 12.1 Å². The molecule has 0 unspecified atom stereocenters. The summed E-state index contributed by atoms with van der Waals surface area (Å²) in [6.45, 7) is 3.44. The molecule has 0 amide bonds. The highest BCUT2D eigenvalue weighted by Gasteiger charge is 2.36. The van der Waals surface area contributed by atoms with E-state index in [2.05, 4.69) is 6.58 Å². The van der Waals surface area contributed by atoms with E-state index >= 15 is 0 Å². The van der Waals surface area contributed by atoms with Crippen LogP contribution in [0.4, 0.5) is 17.6 Å². The Morgan fingerprint density at radius 1 is 1.39 bits per heavy atom. The molecule has 0 spiro atoms. The number of alkyl halides is 3. The molecule has 0 fully saturated rings. The summed E-state index contributed by atoms with van der Waals surface area (Å²) in [7, 11) is 0. The van der Waals surface area contributed by atoms with Crippen LogP contribution in [-0.2, 0) is 6.18 Å². The lowest BCUT2D eigenvalue weighted by atomic mass is 9.96. The summed E-state index contributed by atoms with van der Waals surface area (Å²) >= 11 is 5.50. The fourth-order valence-corrected chi connectivity index (χ4v) is 1.78. The van der Waals surface area contributed by atoms with Crippen LogP contribution in [0.1, 0.15) is 30.0 Å². The molecule has 1 atom stereocenters. The Labute approximate surface area is 107 Å². The second-order valence-corrected chi connectivity index (χ2v) is 4.20. The molecule has 18 heavy (non-hydrogen) atoms. The van der Waals surface area contributed by atoms with E-state index < -0.39 is 29.2 Å². The summed E-state index contributed by atoms with van der Waals surface area (Å²) in [5, 5.41) is -0.368. The summed E-state index contributed by atoms with van der Waals surface area (Å²) in [5.41, 5.74) is 3.93. The molecule has 0 saturated heterocycles. The van der Waals surface area contributed by atoms with E-state index in [9.17, 15) is 17.6 Å². The van der Waals surface area contributed by atoms with Crippen molar-refractivity contribution in [3.63, 3.8) is 0 Å². The predicted molar refractivity (Wildman–Crippen MR) is 62.8 cm³/mol. The Balaban J connectivity index is 3.29. The van der Waals surface area contributed by atoms with Crippen LogP contribution in [0.15, 0.2) is 24.8 Å². The molecule has 1 rings (SSSR count). The van der Waals surface area contributed by atoms with Gasteiger partial charge in [0.25, 0.3) is 0 Å². The maximum Gasteiger partial charge on any atom is 0.416 e. The summed E-state index contributed by atoms with van der Waals surface area (Å²) in [6, 6.07) is 0.552. The topological polar surface area (TPSA) is 26.0 Å². The molecule has 0 saturated carbocycles. The lowest BCUT2D eigenvalue weighted by molar-refractivity contribution is -0.138. The molecule has 1 aromatic carbocycles. The van der Waals surface area contributed by atoms with Crippen LogP contribution in [0, 0.1) is 5.82 Å². The molecule has 0 aliphatic carbocycles. The monoisotopic (exact) mass is 281 g/mol. The van der Waals surface area contributed by atoms with Crippen LogP contribution in [-0.4, -0.2) is 0 Å². The van der Waals surface area contributed by atoms with Crippen LogP contribution in [0.2, 0.25) is 5.02 Å². The number of benzene rings is 1. The summed E-state index contributed by atoms with van der Waals surface area (Å²) in [4.78, 5) is 0. The number of hydrogen-bond donors (Lipinski definition) is 1. The van der Waals surface area contributed by atoms with Crippen LogP contribution in [0.3, 0.4) is 0 Å². The van der Waals surface area contributed by atoms with Gasteiger partial charge in [-0.2, -0.15) is 13.2 Å². The van der Waals surface area contributed by atoms with Gasteiger partial charge in [0.15, 0.2) is 0 Å². The lowest BCUT2D eigenvalue weighted by Crippen LogP contribution is -2.19. The summed E-state index contributed by atoms with van der Waals surface area (Å²) in [5.74, 6) is -1.11. The second kappa shape index (κ2) is 5.71. The number of rotatable bonds is 4. The smallest absolute Gasteiger partial charge is 0.324 e. The van der Waals surface area contributed by atoms with E-state index in [1.807, 2.05) is 0 Å². The Bertz CT molecular complexity index is 442. The van der Waals surface area contributed by atoms with Crippen LogP contribution >= 0.6 is 11.6 Å². The molecule has 6 heteroatoms. The zero-order chi connectivity index (χ0) is 13.9. The van der Waals surface area contributed by atoms with E-state index in [0.29, 0.717) is 6.42 Å². The fraction of sp³-hybridized carbons (Fsp3) is 0.333. The van der Waals surface area contributed by atoms with Gasteiger partial charge in [-0.15, -0.1) is 6.58 Å². The molecule has 0 aromatic heterocycles. The Kier molecular flexibility index (Phi) is 4.76. The summed E-state index contributed by atoms with van der Waals surface area (Å²) < 4.78 is 52.0. The third kappa shape index (κ3) is 3.23. The molecule has 0 radical (unpaired) electrons. The Morgan fingerprint density at radius 2 is 2.00 bits per heavy atom. The molecule has 0 bridgehead atoms. The number of nitrogens with two attached hydrogens (primary N) is 1. The minimum absolute atomic E-state index is 0.170. The van der Waals surface area contributed by atoms with Gasteiger partial charge in [-0.25, -0.2) is 4.39 Å². The molecular weight excluding hydrogens is 270 g/mol. The van der Waals surface area contributed by atoms with Gasteiger partial charge in [-0.3, -0.25) is 0 Å². The number of halogens is 5. The van der Waals surface area contributed by atoms with Crippen LogP contribution in [0.5, 0.6) is 0 Å². The van der Waals surface area contributed by atoms with Gasteiger partial charge in [-0.05, 0) is 25.0 Å². The second-order valence-electron chi connectivity index (χ2n) is 3.79. The van der Waals surface area contributed by atoms with Crippen molar-refractivity contribution in [2.75, 3.05) is 0 Å². The van der Waals surface area contributed by atoms with E-state index in [4.69, 9.17) is 17.3 Å². The Hall–Kier alpha value is -1.07. The molecule has 1 aromatic rings. The summed E-state index contributed by atoms with van der Waals surface area (Å²) in [6.07, 6.45) is -2.59. The van der Waals surface area contributed by atoms with Crippen molar-refractivity contribution < 1.29 is 17.6 Å². The van der Waals surface area contributed by atoms with Gasteiger partial charge in [0.1, 0.15) is 5.82 Å². The van der Waals surface area contributed by atoms with Gasteiger partial charge in [-0.1, -0.05) is 17.7 Å². The zero-order valence-corrected chi connectivity index (χ0v) is 10.2. The largest absolute Gasteiger partial charge is 0.416 e. The molecule has 0 aliphatic rings. The third-order valence-corrected chi connectivity index (χ3v) is 2.78. The third-order valence-electron chi connectivity index (χ3n) is 2.49. The normalized spacial score (nSPS) is 13.4. The van der Waals surface area contributed by atoms with E-state index in [1.165, 1.54) is 6.08 Å². The first kappa shape index (κ1) is 15.0. The first-order valence-corrected chi connectivity index (χ1v) is 5.58. The van der Waals surface area contributed by atoms with Crippen LogP contribution in [0.25, 0.3) is 0 Å². The van der Waals surface area contributed by atoms with Crippen molar-refractivity contribution in [3.8, 4) is 0 Å². The highest BCUT2D eigenvalue weighted by atomic mass is 35.5. The highest BCUT2D eigenvalue weighted by molar-refractivity contribution is 6.30. The molecule has 2 N–H and O–H groups in total. The number of hydrogen-bond acceptors (Lipinski definition) is 1. The van der Waals surface area contributed by atoms with Gasteiger partial charge in [0.2, 0.25) is 0 Å². The number of allylic oxidation sites excluding steroid dienone is 1. The van der Waals surface area contributed by atoms with Crippen molar-refractivity contribution in [3.05, 3.63) is 46.8 Å². The SMILES string of the molecule is C=CCC[C@@H](N)c1c(C(F)(F)F)ccc(Cl)c1F. The molecule has 0 heterocycles. The van der Waals surface area contributed by atoms with E-state index in [1.54, 1.807) is 0 Å². The minimum atomic E-state index is -4.66. The predicted octanol–water partition coefficient (Wildman–Crippen LogP) is 4.46. The zero-order valence-electron chi connectivity index (χ0n) is 9.40. The van der Waals surface area contributed by atoms with Crippen molar-refractivity contribution in [2.45, 2.75) is 25.1 Å². The molecule has 1 nitrogen and oxygen atoms in total. The van der Waals surface area contributed by atoms with Crippen molar-refractivity contribution in [2.24, 2.45) is 5.73 Å². The Morgan fingerprint density at radius 3 is 2.50 bits per heavy atom. The average Bonchev–Trinajstić information content (AvgIpc) is 2.27.